The molecule has 1 spiro atoms. The Kier molecular flexibility index (Phi) is 1.88. The number of fused-ring (bicyclic) bond motifs is 1. The van der Waals surface area contributed by atoms with Gasteiger partial charge in [-0.1, -0.05) is 12.2 Å². The van der Waals surface area contributed by atoms with Crippen molar-refractivity contribution in [2.45, 2.75) is 44.6 Å². The summed E-state index contributed by atoms with van der Waals surface area (Å²) < 4.78 is 0. The summed E-state index contributed by atoms with van der Waals surface area (Å²) in [6, 6.07) is 0. The van der Waals surface area contributed by atoms with Crippen molar-refractivity contribution < 1.29 is 9.90 Å². The van der Waals surface area contributed by atoms with Crippen LogP contribution in [0, 0.1) is 17.3 Å². The molecule has 3 aliphatic rings. The van der Waals surface area contributed by atoms with Gasteiger partial charge in [-0.2, -0.15) is 0 Å². The lowest BCUT2D eigenvalue weighted by Crippen LogP contribution is -2.43. The van der Waals surface area contributed by atoms with Gasteiger partial charge in [0.25, 0.3) is 0 Å². The maximum atomic E-state index is 12.0. The van der Waals surface area contributed by atoms with E-state index in [2.05, 4.69) is 6.58 Å². The number of Topliss-reactive ketones (excluding diaryl/α,β-unsaturated/α-hetero) is 1. The molecule has 0 amide bonds. The predicted molar refractivity (Wildman–Crippen MR) is 57.3 cm³/mol. The third-order valence-electron chi connectivity index (χ3n) is 4.87. The molecule has 0 aromatic rings. The molecule has 2 nitrogen and oxygen atoms in total. The van der Waals surface area contributed by atoms with E-state index in [1.165, 1.54) is 5.57 Å². The zero-order chi connectivity index (χ0) is 10.6. The third kappa shape index (κ3) is 1.24. The maximum Gasteiger partial charge on any atom is 0.137 e. The quantitative estimate of drug-likeness (QED) is 0.616. The van der Waals surface area contributed by atoms with Gasteiger partial charge in [-0.3, -0.25) is 4.79 Å². The van der Waals surface area contributed by atoms with E-state index in [1.807, 2.05) is 0 Å². The lowest BCUT2D eigenvalue weighted by atomic mass is 9.59. The summed E-state index contributed by atoms with van der Waals surface area (Å²) in [5.74, 6) is 0.990. The molecule has 82 valence electrons. The largest absolute Gasteiger partial charge is 0.393 e. The minimum absolute atomic E-state index is 0.136. The number of carbonyl (C=O) groups is 1. The van der Waals surface area contributed by atoms with Crippen molar-refractivity contribution in [3.05, 3.63) is 12.2 Å². The number of aliphatic hydroxyl groups excluding tert-OH is 1. The average Bonchev–Trinajstić information content (AvgIpc) is 2.44. The molecule has 3 rings (SSSR count). The van der Waals surface area contributed by atoms with Crippen molar-refractivity contribution in [1.82, 2.24) is 0 Å². The highest BCUT2D eigenvalue weighted by atomic mass is 16.3. The number of aliphatic hydroxyl groups is 1. The van der Waals surface area contributed by atoms with Crippen LogP contribution in [0.25, 0.3) is 0 Å². The third-order valence-corrected chi connectivity index (χ3v) is 4.87. The number of rotatable bonds is 0. The Morgan fingerprint density at radius 3 is 3.07 bits per heavy atom. The van der Waals surface area contributed by atoms with Gasteiger partial charge in [-0.15, -0.1) is 0 Å². The molecule has 4 unspecified atom stereocenters. The summed E-state index contributed by atoms with van der Waals surface area (Å²) in [6.45, 7) is 4.12. The molecule has 2 bridgehead atoms. The lowest BCUT2D eigenvalue weighted by molar-refractivity contribution is -0.135. The van der Waals surface area contributed by atoms with E-state index in [0.717, 1.165) is 25.7 Å². The van der Waals surface area contributed by atoms with E-state index in [0.29, 0.717) is 24.5 Å². The van der Waals surface area contributed by atoms with Crippen LogP contribution in [0.5, 0.6) is 0 Å². The van der Waals surface area contributed by atoms with Crippen LogP contribution in [0.2, 0.25) is 0 Å². The second-order valence-electron chi connectivity index (χ2n) is 5.75. The van der Waals surface area contributed by atoms with E-state index in [1.54, 1.807) is 0 Å². The van der Waals surface area contributed by atoms with Gasteiger partial charge in [0, 0.05) is 12.3 Å². The second kappa shape index (κ2) is 2.94. The normalized spacial score (nSPS) is 49.3. The topological polar surface area (TPSA) is 37.3 Å². The Morgan fingerprint density at radius 1 is 1.47 bits per heavy atom. The highest BCUT2D eigenvalue weighted by Gasteiger charge is 2.55. The summed E-state index contributed by atoms with van der Waals surface area (Å²) in [5.41, 5.74) is 1.50. The van der Waals surface area contributed by atoms with Crippen molar-refractivity contribution >= 4 is 5.78 Å². The lowest BCUT2D eigenvalue weighted by Gasteiger charge is -2.44. The van der Waals surface area contributed by atoms with Crippen LogP contribution < -0.4 is 0 Å². The summed E-state index contributed by atoms with van der Waals surface area (Å²) in [5, 5.41) is 9.68. The zero-order valence-electron chi connectivity index (χ0n) is 9.04. The van der Waals surface area contributed by atoms with Crippen LogP contribution >= 0.6 is 0 Å². The van der Waals surface area contributed by atoms with Crippen LogP contribution in [0.15, 0.2) is 12.2 Å². The molecule has 0 aliphatic heterocycles. The van der Waals surface area contributed by atoms with Gasteiger partial charge in [0.2, 0.25) is 0 Å². The molecule has 2 heteroatoms. The molecule has 3 saturated carbocycles. The van der Waals surface area contributed by atoms with Gasteiger partial charge in [-0.25, -0.2) is 0 Å². The monoisotopic (exact) mass is 206 g/mol. The second-order valence-corrected chi connectivity index (χ2v) is 5.75. The van der Waals surface area contributed by atoms with Gasteiger partial charge in [0.05, 0.1) is 6.10 Å². The minimum Gasteiger partial charge on any atom is -0.393 e. The zero-order valence-corrected chi connectivity index (χ0v) is 9.04. The number of hydrogen-bond acceptors (Lipinski definition) is 2. The van der Waals surface area contributed by atoms with Crippen LogP contribution in [0.3, 0.4) is 0 Å². The van der Waals surface area contributed by atoms with Gasteiger partial charge in [0.15, 0.2) is 0 Å². The van der Waals surface area contributed by atoms with Gasteiger partial charge in [-0.05, 0) is 43.4 Å². The van der Waals surface area contributed by atoms with E-state index in [-0.39, 0.29) is 17.4 Å². The van der Waals surface area contributed by atoms with Crippen LogP contribution in [0.1, 0.15) is 38.5 Å². The molecule has 0 aromatic carbocycles. The van der Waals surface area contributed by atoms with Gasteiger partial charge < -0.3 is 5.11 Å². The van der Waals surface area contributed by atoms with Crippen molar-refractivity contribution in [3.8, 4) is 0 Å². The summed E-state index contributed by atoms with van der Waals surface area (Å²) >= 11 is 0. The predicted octanol–water partition coefficient (Wildman–Crippen LogP) is 2.07. The minimum atomic E-state index is -0.241. The fraction of sp³-hybridized carbons (Fsp3) is 0.769. The van der Waals surface area contributed by atoms with E-state index < -0.39 is 0 Å². The molecule has 0 heterocycles. The smallest absolute Gasteiger partial charge is 0.137 e. The standard InChI is InChI=1S/C13H18O2/c1-8-6-13-3-2-10(14)5-11(13)12(15)4-9(8)7-13/h9-11,14H,1-7H2. The van der Waals surface area contributed by atoms with Crippen molar-refractivity contribution in [2.75, 3.05) is 0 Å². The Bertz CT molecular complexity index is 333. The Hall–Kier alpha value is -0.630. The molecule has 15 heavy (non-hydrogen) atoms. The average molecular weight is 206 g/mol. The number of carbonyl (C=O) groups excluding carboxylic acids is 1. The SMILES string of the molecule is C=C1CC23CCC(O)CC2C(=O)CC1C3. The summed E-state index contributed by atoms with van der Waals surface area (Å²) in [6.07, 6.45) is 5.27. The molecule has 4 atom stereocenters. The van der Waals surface area contributed by atoms with Crippen molar-refractivity contribution in [1.29, 1.82) is 0 Å². The van der Waals surface area contributed by atoms with Gasteiger partial charge >= 0.3 is 0 Å². The number of hydrogen-bond donors (Lipinski definition) is 1. The van der Waals surface area contributed by atoms with Crippen molar-refractivity contribution in [2.24, 2.45) is 17.3 Å². The van der Waals surface area contributed by atoms with Gasteiger partial charge in [0.1, 0.15) is 5.78 Å². The Labute approximate surface area is 90.4 Å². The maximum absolute atomic E-state index is 12.0. The van der Waals surface area contributed by atoms with Crippen LogP contribution in [-0.4, -0.2) is 17.0 Å². The van der Waals surface area contributed by atoms with Crippen LogP contribution in [-0.2, 0) is 4.79 Å². The summed E-state index contributed by atoms with van der Waals surface area (Å²) in [4.78, 5) is 12.0. The van der Waals surface area contributed by atoms with E-state index in [9.17, 15) is 9.90 Å². The van der Waals surface area contributed by atoms with E-state index in [4.69, 9.17) is 0 Å². The number of ketones is 1. The highest BCUT2D eigenvalue weighted by Crippen LogP contribution is 2.60. The fourth-order valence-electron chi connectivity index (χ4n) is 4.10. The molecular formula is C13H18O2. The first-order valence-corrected chi connectivity index (χ1v) is 5.99. The molecule has 0 aromatic heterocycles. The molecule has 1 N–H and O–H groups in total. The molecule has 3 fully saturated rings. The summed E-state index contributed by atoms with van der Waals surface area (Å²) in [7, 11) is 0. The molecule has 0 saturated heterocycles. The van der Waals surface area contributed by atoms with Crippen molar-refractivity contribution in [3.63, 3.8) is 0 Å². The Balaban J connectivity index is 1.96. The molecule has 3 aliphatic carbocycles. The van der Waals surface area contributed by atoms with E-state index >= 15 is 0 Å². The first-order valence-electron chi connectivity index (χ1n) is 5.99. The fourth-order valence-corrected chi connectivity index (χ4v) is 4.10. The first-order chi connectivity index (χ1) is 7.11. The Morgan fingerprint density at radius 2 is 2.27 bits per heavy atom. The molecule has 0 radical (unpaired) electrons. The highest BCUT2D eigenvalue weighted by molar-refractivity contribution is 5.84. The first kappa shape index (κ1) is 9.59. The molecular weight excluding hydrogens is 188 g/mol. The van der Waals surface area contributed by atoms with Crippen LogP contribution in [0.4, 0.5) is 0 Å². The number of allylic oxidation sites excluding steroid dienone is 1.